The van der Waals surface area contributed by atoms with Gasteiger partial charge in [0.25, 0.3) is 0 Å². The predicted molar refractivity (Wildman–Crippen MR) is 67.7 cm³/mol. The van der Waals surface area contributed by atoms with Crippen molar-refractivity contribution in [1.29, 1.82) is 0 Å². The summed E-state index contributed by atoms with van der Waals surface area (Å²) in [4.78, 5) is 13.6. The number of amides is 1. The molecule has 0 aliphatic rings. The maximum atomic E-state index is 12.0. The highest BCUT2D eigenvalue weighted by atomic mass is 16.3. The lowest BCUT2D eigenvalue weighted by Gasteiger charge is -2.24. The Morgan fingerprint density at radius 1 is 1.47 bits per heavy atom. The van der Waals surface area contributed by atoms with Gasteiger partial charge >= 0.3 is 0 Å². The average molecular weight is 236 g/mol. The van der Waals surface area contributed by atoms with Crippen LogP contribution in [-0.4, -0.2) is 35.5 Å². The van der Waals surface area contributed by atoms with Gasteiger partial charge in [-0.25, -0.2) is 0 Å². The SMILES string of the molecule is CC(CCN)N(C)C(=O)Cc1ccccc1O. The molecule has 0 radical (unpaired) electrons. The molecule has 0 bridgehead atoms. The quantitative estimate of drug-likeness (QED) is 0.805. The number of hydrogen-bond donors (Lipinski definition) is 2. The van der Waals surface area contributed by atoms with E-state index in [2.05, 4.69) is 0 Å². The molecule has 17 heavy (non-hydrogen) atoms. The van der Waals surface area contributed by atoms with E-state index < -0.39 is 0 Å². The van der Waals surface area contributed by atoms with Crippen molar-refractivity contribution in [1.82, 2.24) is 4.90 Å². The maximum absolute atomic E-state index is 12.0. The van der Waals surface area contributed by atoms with Crippen LogP contribution in [0.5, 0.6) is 5.75 Å². The first-order valence-electron chi connectivity index (χ1n) is 5.79. The Kier molecular flexibility index (Phi) is 4.97. The predicted octanol–water partition coefficient (Wildman–Crippen LogP) is 1.13. The number of carbonyl (C=O) groups excluding carboxylic acids is 1. The van der Waals surface area contributed by atoms with Gasteiger partial charge in [-0.05, 0) is 26.0 Å². The fourth-order valence-electron chi connectivity index (χ4n) is 1.63. The molecule has 1 aromatic carbocycles. The topological polar surface area (TPSA) is 66.6 Å². The van der Waals surface area contributed by atoms with Crippen LogP contribution >= 0.6 is 0 Å². The normalized spacial score (nSPS) is 12.2. The van der Waals surface area contributed by atoms with E-state index in [1.165, 1.54) is 0 Å². The van der Waals surface area contributed by atoms with E-state index in [0.29, 0.717) is 12.1 Å². The number of aromatic hydroxyl groups is 1. The Hall–Kier alpha value is -1.55. The van der Waals surface area contributed by atoms with Crippen LogP contribution in [0.15, 0.2) is 24.3 Å². The summed E-state index contributed by atoms with van der Waals surface area (Å²) in [6, 6.07) is 7.02. The number of hydrogen-bond acceptors (Lipinski definition) is 3. The molecule has 4 heteroatoms. The van der Waals surface area contributed by atoms with E-state index in [1.807, 2.05) is 13.0 Å². The largest absolute Gasteiger partial charge is 0.508 e. The van der Waals surface area contributed by atoms with Gasteiger partial charge in [-0.1, -0.05) is 18.2 Å². The summed E-state index contributed by atoms with van der Waals surface area (Å²) in [5.41, 5.74) is 6.12. The minimum absolute atomic E-state index is 0.00699. The van der Waals surface area contributed by atoms with Gasteiger partial charge in [-0.15, -0.1) is 0 Å². The van der Waals surface area contributed by atoms with Gasteiger partial charge in [0, 0.05) is 18.7 Å². The number of phenols is 1. The Morgan fingerprint density at radius 2 is 2.12 bits per heavy atom. The summed E-state index contributed by atoms with van der Waals surface area (Å²) >= 11 is 0. The van der Waals surface area contributed by atoms with Crippen molar-refractivity contribution < 1.29 is 9.90 Å². The second kappa shape index (κ2) is 6.25. The van der Waals surface area contributed by atoms with E-state index in [4.69, 9.17) is 5.73 Å². The maximum Gasteiger partial charge on any atom is 0.227 e. The van der Waals surface area contributed by atoms with E-state index in [9.17, 15) is 9.90 Å². The first kappa shape index (κ1) is 13.5. The van der Waals surface area contributed by atoms with Crippen molar-refractivity contribution >= 4 is 5.91 Å². The molecular weight excluding hydrogens is 216 g/mol. The van der Waals surface area contributed by atoms with Gasteiger partial charge in [0.2, 0.25) is 5.91 Å². The lowest BCUT2D eigenvalue weighted by molar-refractivity contribution is -0.131. The molecule has 0 fully saturated rings. The number of rotatable bonds is 5. The molecule has 0 saturated carbocycles. The molecule has 0 aliphatic heterocycles. The van der Waals surface area contributed by atoms with Crippen molar-refractivity contribution in [2.75, 3.05) is 13.6 Å². The third kappa shape index (κ3) is 3.75. The average Bonchev–Trinajstić information content (AvgIpc) is 2.31. The molecule has 0 heterocycles. The first-order chi connectivity index (χ1) is 8.06. The molecular formula is C13H20N2O2. The number of likely N-dealkylation sites (N-methyl/N-ethyl adjacent to an activating group) is 1. The summed E-state index contributed by atoms with van der Waals surface area (Å²) in [7, 11) is 1.77. The molecule has 1 rings (SSSR count). The first-order valence-corrected chi connectivity index (χ1v) is 5.79. The van der Waals surface area contributed by atoms with Crippen LogP contribution in [-0.2, 0) is 11.2 Å². The summed E-state index contributed by atoms with van der Waals surface area (Å²) in [6.45, 7) is 2.53. The molecule has 0 aromatic heterocycles. The Balaban J connectivity index is 2.63. The third-order valence-corrected chi connectivity index (χ3v) is 2.97. The van der Waals surface area contributed by atoms with Crippen molar-refractivity contribution in [2.24, 2.45) is 5.73 Å². The molecule has 0 saturated heterocycles. The van der Waals surface area contributed by atoms with Crippen LogP contribution in [0.4, 0.5) is 0 Å². The van der Waals surface area contributed by atoms with Crippen molar-refractivity contribution in [2.45, 2.75) is 25.8 Å². The van der Waals surface area contributed by atoms with Crippen LogP contribution in [0.1, 0.15) is 18.9 Å². The highest BCUT2D eigenvalue weighted by molar-refractivity contribution is 5.79. The Bertz CT molecular complexity index is 379. The minimum atomic E-state index is -0.00699. The number of nitrogens with zero attached hydrogens (tertiary/aromatic N) is 1. The molecule has 94 valence electrons. The molecule has 4 nitrogen and oxygen atoms in total. The van der Waals surface area contributed by atoms with Gasteiger partial charge in [0.05, 0.1) is 6.42 Å². The standard InChI is InChI=1S/C13H20N2O2/c1-10(7-8-14)15(2)13(17)9-11-5-3-4-6-12(11)16/h3-6,10,16H,7-9,14H2,1-2H3. The van der Waals surface area contributed by atoms with Crippen LogP contribution < -0.4 is 5.73 Å². The summed E-state index contributed by atoms with van der Waals surface area (Å²) < 4.78 is 0. The lowest BCUT2D eigenvalue weighted by Crippen LogP contribution is -2.37. The number of para-hydroxylation sites is 1. The molecule has 1 amide bonds. The Labute approximate surface area is 102 Å². The van der Waals surface area contributed by atoms with Crippen LogP contribution in [0.2, 0.25) is 0 Å². The zero-order valence-corrected chi connectivity index (χ0v) is 10.4. The number of phenolic OH excluding ortho intramolecular Hbond substituents is 1. The highest BCUT2D eigenvalue weighted by Crippen LogP contribution is 2.17. The number of benzene rings is 1. The lowest BCUT2D eigenvalue weighted by atomic mass is 10.1. The van der Waals surface area contributed by atoms with Crippen LogP contribution in [0, 0.1) is 0 Å². The van der Waals surface area contributed by atoms with Crippen molar-refractivity contribution in [3.63, 3.8) is 0 Å². The van der Waals surface area contributed by atoms with E-state index in [-0.39, 0.29) is 24.1 Å². The van der Waals surface area contributed by atoms with Gasteiger partial charge in [-0.3, -0.25) is 4.79 Å². The van der Waals surface area contributed by atoms with Gasteiger partial charge in [-0.2, -0.15) is 0 Å². The summed E-state index contributed by atoms with van der Waals surface area (Å²) in [5, 5.41) is 9.59. The third-order valence-electron chi connectivity index (χ3n) is 2.97. The number of carbonyl (C=O) groups is 1. The molecule has 1 aromatic rings. The van der Waals surface area contributed by atoms with Crippen LogP contribution in [0.3, 0.4) is 0 Å². The van der Waals surface area contributed by atoms with E-state index in [1.54, 1.807) is 30.1 Å². The smallest absolute Gasteiger partial charge is 0.227 e. The van der Waals surface area contributed by atoms with Crippen molar-refractivity contribution in [3.05, 3.63) is 29.8 Å². The number of nitrogens with two attached hydrogens (primary N) is 1. The molecule has 0 spiro atoms. The minimum Gasteiger partial charge on any atom is -0.508 e. The summed E-state index contributed by atoms with van der Waals surface area (Å²) in [5.74, 6) is 0.160. The van der Waals surface area contributed by atoms with Gasteiger partial charge < -0.3 is 15.7 Å². The molecule has 0 aliphatic carbocycles. The Morgan fingerprint density at radius 3 is 2.71 bits per heavy atom. The monoisotopic (exact) mass is 236 g/mol. The van der Waals surface area contributed by atoms with Crippen LogP contribution in [0.25, 0.3) is 0 Å². The van der Waals surface area contributed by atoms with Gasteiger partial charge in [0.1, 0.15) is 5.75 Å². The fourth-order valence-corrected chi connectivity index (χ4v) is 1.63. The van der Waals surface area contributed by atoms with E-state index in [0.717, 1.165) is 6.42 Å². The zero-order chi connectivity index (χ0) is 12.8. The second-order valence-corrected chi connectivity index (χ2v) is 4.24. The van der Waals surface area contributed by atoms with Gasteiger partial charge in [0.15, 0.2) is 0 Å². The molecule has 1 atom stereocenters. The second-order valence-electron chi connectivity index (χ2n) is 4.24. The molecule has 3 N–H and O–H groups in total. The van der Waals surface area contributed by atoms with E-state index >= 15 is 0 Å². The highest BCUT2D eigenvalue weighted by Gasteiger charge is 2.16. The zero-order valence-electron chi connectivity index (χ0n) is 10.4. The fraction of sp³-hybridized carbons (Fsp3) is 0.462. The van der Waals surface area contributed by atoms with Crippen molar-refractivity contribution in [3.8, 4) is 5.75 Å². The summed E-state index contributed by atoms with van der Waals surface area (Å²) in [6.07, 6.45) is 1.00. The molecule has 1 unspecified atom stereocenters.